The number of thiazole rings is 1. The number of nitrogens with two attached hydrogens (primary N) is 1. The van der Waals surface area contributed by atoms with Crippen molar-refractivity contribution in [2.75, 3.05) is 31.6 Å². The molecule has 1 saturated carbocycles. The largest absolute Gasteiger partial charge is 0.345 e. The van der Waals surface area contributed by atoms with E-state index >= 15 is 0 Å². The van der Waals surface area contributed by atoms with Gasteiger partial charge in [0.25, 0.3) is 0 Å². The second-order valence-electron chi connectivity index (χ2n) is 5.77. The average molecular weight is 280 g/mol. The van der Waals surface area contributed by atoms with Gasteiger partial charge in [0.2, 0.25) is 0 Å². The van der Waals surface area contributed by atoms with Crippen molar-refractivity contribution in [3.8, 4) is 0 Å². The standard InChI is InChI=1S/C14H24N4S/c1-3-11-9-18(7-6-17(11)2)14-16-13(10-4-5-10)12(8-15)19-14/h10-11H,3-9,15H2,1-2H3. The maximum atomic E-state index is 5.88. The van der Waals surface area contributed by atoms with E-state index in [1.807, 2.05) is 11.3 Å². The Hall–Kier alpha value is -0.650. The Labute approximate surface area is 119 Å². The minimum Gasteiger partial charge on any atom is -0.345 e. The fourth-order valence-corrected chi connectivity index (χ4v) is 3.93. The first-order valence-corrected chi connectivity index (χ1v) is 8.19. The molecule has 2 heterocycles. The molecular formula is C14H24N4S. The minimum atomic E-state index is 0.647. The lowest BCUT2D eigenvalue weighted by Gasteiger charge is -2.39. The normalized spacial score (nSPS) is 25.0. The molecule has 19 heavy (non-hydrogen) atoms. The lowest BCUT2D eigenvalue weighted by Crippen LogP contribution is -2.51. The van der Waals surface area contributed by atoms with Crippen molar-refractivity contribution in [2.24, 2.45) is 5.73 Å². The van der Waals surface area contributed by atoms with Gasteiger partial charge in [-0.1, -0.05) is 6.92 Å². The SMILES string of the molecule is CCC1CN(c2nc(C3CC3)c(CN)s2)CCN1C. The molecule has 106 valence electrons. The lowest BCUT2D eigenvalue weighted by molar-refractivity contribution is 0.213. The number of piperazine rings is 1. The van der Waals surface area contributed by atoms with Crippen LogP contribution in [0.4, 0.5) is 5.13 Å². The average Bonchev–Trinajstić information content (AvgIpc) is 3.19. The van der Waals surface area contributed by atoms with E-state index in [9.17, 15) is 0 Å². The smallest absolute Gasteiger partial charge is 0.185 e. The molecule has 0 spiro atoms. The van der Waals surface area contributed by atoms with Gasteiger partial charge in [-0.2, -0.15) is 0 Å². The third-order valence-electron chi connectivity index (χ3n) is 4.38. The molecule has 0 aromatic carbocycles. The van der Waals surface area contributed by atoms with Crippen molar-refractivity contribution >= 4 is 16.5 Å². The molecule has 3 rings (SSSR count). The summed E-state index contributed by atoms with van der Waals surface area (Å²) in [5.41, 5.74) is 7.18. The molecule has 0 radical (unpaired) electrons. The Morgan fingerprint density at radius 1 is 1.37 bits per heavy atom. The van der Waals surface area contributed by atoms with Gasteiger partial charge < -0.3 is 10.6 Å². The van der Waals surface area contributed by atoms with E-state index in [1.165, 1.54) is 35.0 Å². The Kier molecular flexibility index (Phi) is 3.78. The van der Waals surface area contributed by atoms with Crippen LogP contribution in [0.5, 0.6) is 0 Å². The molecule has 0 bridgehead atoms. The summed E-state index contributed by atoms with van der Waals surface area (Å²) in [6.07, 6.45) is 3.81. The van der Waals surface area contributed by atoms with Crippen molar-refractivity contribution < 1.29 is 0 Å². The summed E-state index contributed by atoms with van der Waals surface area (Å²) >= 11 is 1.82. The number of nitrogens with zero attached hydrogens (tertiary/aromatic N) is 3. The van der Waals surface area contributed by atoms with Gasteiger partial charge in [-0.05, 0) is 26.3 Å². The lowest BCUT2D eigenvalue weighted by atomic mass is 10.1. The Morgan fingerprint density at radius 3 is 2.79 bits per heavy atom. The number of aromatic nitrogens is 1. The van der Waals surface area contributed by atoms with Gasteiger partial charge in [-0.25, -0.2) is 4.98 Å². The number of rotatable bonds is 4. The summed E-state index contributed by atoms with van der Waals surface area (Å²) in [4.78, 5) is 11.1. The van der Waals surface area contributed by atoms with Gasteiger partial charge in [-0.3, -0.25) is 4.90 Å². The van der Waals surface area contributed by atoms with Gasteiger partial charge in [0.15, 0.2) is 5.13 Å². The van der Waals surface area contributed by atoms with E-state index in [4.69, 9.17) is 10.7 Å². The van der Waals surface area contributed by atoms with Crippen molar-refractivity contribution in [1.29, 1.82) is 0 Å². The highest BCUT2D eigenvalue weighted by Crippen LogP contribution is 2.44. The van der Waals surface area contributed by atoms with Crippen LogP contribution in [0, 0.1) is 0 Å². The highest BCUT2D eigenvalue weighted by Gasteiger charge is 2.31. The van der Waals surface area contributed by atoms with Crippen molar-refractivity contribution in [3.63, 3.8) is 0 Å². The second-order valence-corrected chi connectivity index (χ2v) is 6.83. The van der Waals surface area contributed by atoms with E-state index < -0.39 is 0 Å². The van der Waals surface area contributed by atoms with Crippen LogP contribution in [0.3, 0.4) is 0 Å². The molecule has 1 aromatic heterocycles. The van der Waals surface area contributed by atoms with Crippen LogP contribution in [0.25, 0.3) is 0 Å². The highest BCUT2D eigenvalue weighted by molar-refractivity contribution is 7.15. The first-order chi connectivity index (χ1) is 9.22. The fraction of sp³-hybridized carbons (Fsp3) is 0.786. The van der Waals surface area contributed by atoms with Crippen LogP contribution in [-0.2, 0) is 6.54 Å². The summed E-state index contributed by atoms with van der Waals surface area (Å²) in [6.45, 7) is 6.25. The van der Waals surface area contributed by atoms with E-state index in [-0.39, 0.29) is 0 Å². The molecule has 1 atom stereocenters. The maximum Gasteiger partial charge on any atom is 0.185 e. The zero-order valence-corrected chi connectivity index (χ0v) is 12.7. The zero-order chi connectivity index (χ0) is 13.4. The first kappa shape index (κ1) is 13.3. The number of likely N-dealkylation sites (N-methyl/N-ethyl adjacent to an activating group) is 1. The van der Waals surface area contributed by atoms with Gasteiger partial charge in [0.05, 0.1) is 5.69 Å². The number of anilines is 1. The monoisotopic (exact) mass is 280 g/mol. The van der Waals surface area contributed by atoms with Crippen molar-refractivity contribution in [2.45, 2.75) is 44.7 Å². The number of hydrogen-bond donors (Lipinski definition) is 1. The predicted octanol–water partition coefficient (Wildman–Crippen LogP) is 2.01. The molecular weight excluding hydrogens is 256 g/mol. The summed E-state index contributed by atoms with van der Waals surface area (Å²) in [5.74, 6) is 0.706. The summed E-state index contributed by atoms with van der Waals surface area (Å²) in [6, 6.07) is 0.656. The maximum absolute atomic E-state index is 5.88. The molecule has 2 N–H and O–H groups in total. The van der Waals surface area contributed by atoms with Gasteiger partial charge in [-0.15, -0.1) is 11.3 Å². The predicted molar refractivity (Wildman–Crippen MR) is 80.9 cm³/mol. The molecule has 4 nitrogen and oxygen atoms in total. The molecule has 0 amide bonds. The topological polar surface area (TPSA) is 45.4 Å². The van der Waals surface area contributed by atoms with Gasteiger partial charge in [0, 0.05) is 43.0 Å². The van der Waals surface area contributed by atoms with Crippen molar-refractivity contribution in [1.82, 2.24) is 9.88 Å². The summed E-state index contributed by atoms with van der Waals surface area (Å²) in [7, 11) is 2.23. The van der Waals surface area contributed by atoms with Crippen LogP contribution in [0.15, 0.2) is 0 Å². The summed E-state index contributed by atoms with van der Waals surface area (Å²) in [5, 5.41) is 1.20. The van der Waals surface area contributed by atoms with E-state index in [1.54, 1.807) is 0 Å². The van der Waals surface area contributed by atoms with E-state index in [2.05, 4.69) is 23.8 Å². The van der Waals surface area contributed by atoms with Crippen LogP contribution in [-0.4, -0.2) is 42.6 Å². The molecule has 1 aliphatic carbocycles. The van der Waals surface area contributed by atoms with E-state index in [0.29, 0.717) is 18.5 Å². The molecule has 1 aliphatic heterocycles. The van der Waals surface area contributed by atoms with E-state index in [0.717, 1.165) is 19.6 Å². The first-order valence-electron chi connectivity index (χ1n) is 7.37. The molecule has 1 unspecified atom stereocenters. The quantitative estimate of drug-likeness (QED) is 0.916. The highest BCUT2D eigenvalue weighted by atomic mass is 32.1. The second kappa shape index (κ2) is 5.38. The molecule has 1 saturated heterocycles. The number of hydrogen-bond acceptors (Lipinski definition) is 5. The molecule has 2 aliphatic rings. The van der Waals surface area contributed by atoms with Crippen LogP contribution < -0.4 is 10.6 Å². The van der Waals surface area contributed by atoms with Gasteiger partial charge >= 0.3 is 0 Å². The molecule has 5 heteroatoms. The Balaban J connectivity index is 1.78. The molecule has 1 aromatic rings. The third-order valence-corrected chi connectivity index (χ3v) is 5.54. The zero-order valence-electron chi connectivity index (χ0n) is 11.9. The van der Waals surface area contributed by atoms with Gasteiger partial charge in [0.1, 0.15) is 0 Å². The van der Waals surface area contributed by atoms with Crippen LogP contribution in [0.1, 0.15) is 42.7 Å². The fourth-order valence-electron chi connectivity index (χ4n) is 2.87. The Bertz CT molecular complexity index is 441. The van der Waals surface area contributed by atoms with Crippen molar-refractivity contribution in [3.05, 3.63) is 10.6 Å². The summed E-state index contributed by atoms with van der Waals surface area (Å²) < 4.78 is 0. The van der Waals surface area contributed by atoms with Crippen LogP contribution >= 0.6 is 11.3 Å². The molecule has 2 fully saturated rings. The third kappa shape index (κ3) is 2.64. The van der Waals surface area contributed by atoms with Crippen LogP contribution in [0.2, 0.25) is 0 Å². The Morgan fingerprint density at radius 2 is 2.16 bits per heavy atom. The minimum absolute atomic E-state index is 0.647.